The van der Waals surface area contributed by atoms with E-state index in [2.05, 4.69) is 10.2 Å². The van der Waals surface area contributed by atoms with E-state index in [0.29, 0.717) is 11.8 Å². The van der Waals surface area contributed by atoms with E-state index in [4.69, 9.17) is 9.47 Å². The van der Waals surface area contributed by atoms with Crippen molar-refractivity contribution < 1.29 is 19.4 Å². The second kappa shape index (κ2) is 6.54. The zero-order chi connectivity index (χ0) is 15.5. The van der Waals surface area contributed by atoms with Crippen LogP contribution in [-0.2, 0) is 4.74 Å². The van der Waals surface area contributed by atoms with Gasteiger partial charge in [-0.05, 0) is 25.0 Å². The van der Waals surface area contributed by atoms with Gasteiger partial charge in [0.05, 0.1) is 25.9 Å². The fourth-order valence-corrected chi connectivity index (χ4v) is 3.08. The van der Waals surface area contributed by atoms with Crippen molar-refractivity contribution in [3.63, 3.8) is 0 Å². The highest BCUT2D eigenvalue weighted by atomic mass is 16.5. The highest BCUT2D eigenvalue weighted by molar-refractivity contribution is 5.97. The standard InChI is InChI=1S/C16H22N2O4/c1-21-14-4-2-3-13(15(14)19)16(20)17-11-9-12(10-11)18-5-7-22-8-6-18/h2-4,11-12,19H,5-10H2,1H3,(H,17,20). The van der Waals surface area contributed by atoms with Gasteiger partial charge in [-0.25, -0.2) is 0 Å². The van der Waals surface area contributed by atoms with Crippen LogP contribution in [0.1, 0.15) is 23.2 Å². The fraction of sp³-hybridized carbons (Fsp3) is 0.562. The van der Waals surface area contributed by atoms with Crippen molar-refractivity contribution >= 4 is 5.91 Å². The molecule has 0 bridgehead atoms. The van der Waals surface area contributed by atoms with Crippen molar-refractivity contribution in [1.29, 1.82) is 0 Å². The van der Waals surface area contributed by atoms with Gasteiger partial charge in [0.25, 0.3) is 5.91 Å². The van der Waals surface area contributed by atoms with E-state index in [-0.39, 0.29) is 23.3 Å². The Balaban J connectivity index is 1.53. The van der Waals surface area contributed by atoms with Gasteiger partial charge in [-0.3, -0.25) is 9.69 Å². The Hall–Kier alpha value is -1.79. The molecule has 2 N–H and O–H groups in total. The molecule has 22 heavy (non-hydrogen) atoms. The number of benzene rings is 1. The number of nitrogens with zero attached hydrogens (tertiary/aromatic N) is 1. The predicted octanol–water partition coefficient (Wildman–Crippen LogP) is 0.994. The number of phenols is 1. The molecule has 1 amide bonds. The molecule has 1 aliphatic carbocycles. The second-order valence-corrected chi connectivity index (χ2v) is 5.80. The summed E-state index contributed by atoms with van der Waals surface area (Å²) in [7, 11) is 1.47. The van der Waals surface area contributed by atoms with Gasteiger partial charge in [-0.15, -0.1) is 0 Å². The molecule has 0 radical (unpaired) electrons. The van der Waals surface area contributed by atoms with Crippen molar-refractivity contribution in [2.75, 3.05) is 33.4 Å². The van der Waals surface area contributed by atoms with Crippen molar-refractivity contribution in [2.45, 2.75) is 24.9 Å². The summed E-state index contributed by atoms with van der Waals surface area (Å²) in [4.78, 5) is 14.7. The van der Waals surface area contributed by atoms with E-state index >= 15 is 0 Å². The molecule has 6 heteroatoms. The molecule has 0 atom stereocenters. The minimum Gasteiger partial charge on any atom is -0.504 e. The van der Waals surface area contributed by atoms with Crippen molar-refractivity contribution in [1.82, 2.24) is 10.2 Å². The summed E-state index contributed by atoms with van der Waals surface area (Å²) >= 11 is 0. The first kappa shape index (κ1) is 15.1. The van der Waals surface area contributed by atoms with Crippen molar-refractivity contribution in [2.24, 2.45) is 0 Å². The molecule has 6 nitrogen and oxygen atoms in total. The highest BCUT2D eigenvalue weighted by Crippen LogP contribution is 2.31. The number of ether oxygens (including phenoxy) is 2. The number of nitrogens with one attached hydrogen (secondary N) is 1. The Morgan fingerprint density at radius 1 is 1.36 bits per heavy atom. The Morgan fingerprint density at radius 3 is 2.77 bits per heavy atom. The number of carbonyl (C=O) groups excluding carboxylic acids is 1. The maximum absolute atomic E-state index is 12.3. The van der Waals surface area contributed by atoms with Gasteiger partial charge in [0.1, 0.15) is 0 Å². The number of hydrogen-bond donors (Lipinski definition) is 2. The molecule has 1 saturated carbocycles. The summed E-state index contributed by atoms with van der Waals surface area (Å²) in [5.41, 5.74) is 0.258. The Labute approximate surface area is 130 Å². The van der Waals surface area contributed by atoms with E-state index in [1.165, 1.54) is 7.11 Å². The molecule has 1 aliphatic heterocycles. The Morgan fingerprint density at radius 2 is 2.09 bits per heavy atom. The average Bonchev–Trinajstić information content (AvgIpc) is 2.51. The molecular weight excluding hydrogens is 284 g/mol. The molecule has 0 spiro atoms. The third kappa shape index (κ3) is 3.03. The second-order valence-electron chi connectivity index (χ2n) is 5.80. The van der Waals surface area contributed by atoms with E-state index < -0.39 is 0 Å². The zero-order valence-corrected chi connectivity index (χ0v) is 12.7. The molecular formula is C16H22N2O4. The lowest BCUT2D eigenvalue weighted by atomic mass is 9.85. The van der Waals surface area contributed by atoms with E-state index in [9.17, 15) is 9.90 Å². The minimum absolute atomic E-state index is 0.105. The number of morpholine rings is 1. The fourth-order valence-electron chi connectivity index (χ4n) is 3.08. The van der Waals surface area contributed by atoms with Crippen LogP contribution in [0.5, 0.6) is 11.5 Å². The Bertz CT molecular complexity index is 537. The monoisotopic (exact) mass is 306 g/mol. The van der Waals surface area contributed by atoms with E-state index in [0.717, 1.165) is 39.1 Å². The average molecular weight is 306 g/mol. The lowest BCUT2D eigenvalue weighted by molar-refractivity contribution is -0.00951. The number of methoxy groups -OCH3 is 1. The summed E-state index contributed by atoms with van der Waals surface area (Å²) in [5.74, 6) is -0.0409. The molecule has 1 saturated heterocycles. The number of rotatable bonds is 4. The molecule has 1 aromatic carbocycles. The van der Waals surface area contributed by atoms with Crippen LogP contribution < -0.4 is 10.1 Å². The number of phenolic OH excluding ortho intramolecular Hbond substituents is 1. The van der Waals surface area contributed by atoms with Crippen LogP contribution in [0.25, 0.3) is 0 Å². The lowest BCUT2D eigenvalue weighted by Gasteiger charge is -2.44. The van der Waals surface area contributed by atoms with Gasteiger partial charge in [-0.1, -0.05) is 6.07 Å². The van der Waals surface area contributed by atoms with E-state index in [1.807, 2.05) is 0 Å². The molecule has 0 aromatic heterocycles. The lowest BCUT2D eigenvalue weighted by Crippen LogP contribution is -2.56. The number of aromatic hydroxyl groups is 1. The van der Waals surface area contributed by atoms with Gasteiger partial charge >= 0.3 is 0 Å². The first-order chi connectivity index (χ1) is 10.7. The summed E-state index contributed by atoms with van der Waals surface area (Å²) in [6.07, 6.45) is 1.91. The number of carbonyl (C=O) groups is 1. The summed E-state index contributed by atoms with van der Waals surface area (Å²) in [5, 5.41) is 13.0. The summed E-state index contributed by atoms with van der Waals surface area (Å²) < 4.78 is 10.4. The van der Waals surface area contributed by atoms with Gasteiger partial charge in [0.15, 0.2) is 11.5 Å². The third-order valence-electron chi connectivity index (χ3n) is 4.47. The topological polar surface area (TPSA) is 71.0 Å². The molecule has 120 valence electrons. The minimum atomic E-state index is -0.248. The van der Waals surface area contributed by atoms with Crippen LogP contribution in [0.3, 0.4) is 0 Å². The van der Waals surface area contributed by atoms with Crippen LogP contribution in [0.2, 0.25) is 0 Å². The largest absolute Gasteiger partial charge is 0.504 e. The Kier molecular flexibility index (Phi) is 4.49. The van der Waals surface area contributed by atoms with Gasteiger partial charge in [0, 0.05) is 25.2 Å². The number of hydrogen-bond acceptors (Lipinski definition) is 5. The number of amides is 1. The van der Waals surface area contributed by atoms with Crippen LogP contribution in [-0.4, -0.2) is 61.4 Å². The SMILES string of the molecule is COc1cccc(C(=O)NC2CC(N3CCOCC3)C2)c1O. The molecule has 0 unspecified atom stereocenters. The zero-order valence-electron chi connectivity index (χ0n) is 12.7. The third-order valence-corrected chi connectivity index (χ3v) is 4.47. The predicted molar refractivity (Wildman–Crippen MR) is 81.3 cm³/mol. The number of para-hydroxylation sites is 1. The quantitative estimate of drug-likeness (QED) is 0.868. The van der Waals surface area contributed by atoms with Crippen LogP contribution in [0, 0.1) is 0 Å². The first-order valence-corrected chi connectivity index (χ1v) is 7.67. The molecule has 1 aromatic rings. The van der Waals surface area contributed by atoms with Gasteiger partial charge in [-0.2, -0.15) is 0 Å². The summed E-state index contributed by atoms with van der Waals surface area (Å²) in [6, 6.07) is 5.64. The van der Waals surface area contributed by atoms with Crippen molar-refractivity contribution in [3.8, 4) is 11.5 Å². The summed E-state index contributed by atoms with van der Waals surface area (Å²) in [6.45, 7) is 3.54. The molecule has 1 heterocycles. The van der Waals surface area contributed by atoms with Gasteiger partial charge < -0.3 is 19.9 Å². The van der Waals surface area contributed by atoms with Crippen LogP contribution >= 0.6 is 0 Å². The maximum Gasteiger partial charge on any atom is 0.255 e. The molecule has 2 fully saturated rings. The molecule has 3 rings (SSSR count). The first-order valence-electron chi connectivity index (χ1n) is 7.67. The van der Waals surface area contributed by atoms with Crippen LogP contribution in [0.15, 0.2) is 18.2 Å². The van der Waals surface area contributed by atoms with Gasteiger partial charge in [0.2, 0.25) is 0 Å². The smallest absolute Gasteiger partial charge is 0.255 e. The molecule has 2 aliphatic rings. The maximum atomic E-state index is 12.3. The van der Waals surface area contributed by atoms with E-state index in [1.54, 1.807) is 18.2 Å². The van der Waals surface area contributed by atoms with Crippen LogP contribution in [0.4, 0.5) is 0 Å². The normalized spacial score (nSPS) is 25.3. The van der Waals surface area contributed by atoms with Crippen molar-refractivity contribution in [3.05, 3.63) is 23.8 Å². The highest BCUT2D eigenvalue weighted by Gasteiger charge is 2.35.